The molecule has 1 aromatic carbocycles. The summed E-state index contributed by atoms with van der Waals surface area (Å²) < 4.78 is 24.5. The van der Waals surface area contributed by atoms with E-state index in [0.29, 0.717) is 23.7 Å². The number of thiazole rings is 1. The van der Waals surface area contributed by atoms with E-state index in [9.17, 15) is 13.2 Å². The van der Waals surface area contributed by atoms with Gasteiger partial charge in [0.05, 0.1) is 15.1 Å². The van der Waals surface area contributed by atoms with E-state index in [2.05, 4.69) is 51.3 Å². The molecular formula is C23H26N6O3S2. The van der Waals surface area contributed by atoms with E-state index in [0.717, 1.165) is 33.6 Å². The van der Waals surface area contributed by atoms with Crippen LogP contribution in [0, 0.1) is 0 Å². The molecule has 0 saturated heterocycles. The van der Waals surface area contributed by atoms with Gasteiger partial charge in [-0.25, -0.2) is 23.2 Å². The fourth-order valence-corrected chi connectivity index (χ4v) is 4.75. The second-order valence-corrected chi connectivity index (χ2v) is 12.1. The van der Waals surface area contributed by atoms with Crippen LogP contribution in [-0.2, 0) is 21.7 Å². The van der Waals surface area contributed by atoms with E-state index < -0.39 is 9.84 Å². The van der Waals surface area contributed by atoms with Crippen molar-refractivity contribution in [2.75, 3.05) is 18.1 Å². The largest absolute Gasteiger partial charge is 0.345 e. The lowest BCUT2D eigenvalue weighted by molar-refractivity contribution is 0.252. The molecule has 0 aliphatic carbocycles. The number of carbonyl (C=O) groups excluding carboxylic acids is 1. The molecule has 3 heterocycles. The molecule has 0 aliphatic rings. The van der Waals surface area contributed by atoms with Crippen LogP contribution < -0.4 is 10.6 Å². The van der Waals surface area contributed by atoms with Crippen molar-refractivity contribution in [1.82, 2.24) is 25.3 Å². The quantitative estimate of drug-likeness (QED) is 0.366. The molecule has 0 atom stereocenters. The second-order valence-electron chi connectivity index (χ2n) is 9.02. The average Bonchev–Trinajstić information content (AvgIpc) is 3.39. The van der Waals surface area contributed by atoms with Crippen molar-refractivity contribution in [2.24, 2.45) is 0 Å². The number of imidazole rings is 1. The Bertz CT molecular complexity index is 1450. The Labute approximate surface area is 202 Å². The zero-order chi connectivity index (χ0) is 24.5. The topological polar surface area (TPSA) is 130 Å². The van der Waals surface area contributed by atoms with Gasteiger partial charge in [-0.2, -0.15) is 0 Å². The van der Waals surface area contributed by atoms with Gasteiger partial charge in [0.15, 0.2) is 15.0 Å². The molecule has 0 aliphatic heterocycles. The zero-order valence-electron chi connectivity index (χ0n) is 19.3. The summed E-state index contributed by atoms with van der Waals surface area (Å²) in [5, 5.41) is 6.08. The van der Waals surface area contributed by atoms with E-state index in [1.807, 2.05) is 18.2 Å². The second kappa shape index (κ2) is 9.15. The highest BCUT2D eigenvalue weighted by molar-refractivity contribution is 7.90. The predicted octanol–water partition coefficient (Wildman–Crippen LogP) is 4.15. The Kier molecular flexibility index (Phi) is 6.41. The molecule has 3 aromatic heterocycles. The number of H-pyrrole nitrogens is 1. The number of aromatic amines is 1. The van der Waals surface area contributed by atoms with Crippen LogP contribution in [0.1, 0.15) is 32.3 Å². The number of fused-ring (bicyclic) bond motifs is 1. The predicted molar refractivity (Wildman–Crippen MR) is 134 cm³/mol. The maximum atomic E-state index is 12.3. The number of rotatable bonds is 6. The molecule has 178 valence electrons. The minimum atomic E-state index is -3.35. The van der Waals surface area contributed by atoms with Crippen molar-refractivity contribution >= 4 is 42.6 Å². The molecule has 34 heavy (non-hydrogen) atoms. The van der Waals surface area contributed by atoms with Crippen molar-refractivity contribution < 1.29 is 13.2 Å². The highest BCUT2D eigenvalue weighted by Crippen LogP contribution is 2.31. The summed E-state index contributed by atoms with van der Waals surface area (Å²) >= 11 is 1.34. The number of anilines is 1. The van der Waals surface area contributed by atoms with Gasteiger partial charge < -0.3 is 10.3 Å². The monoisotopic (exact) mass is 498 g/mol. The fraction of sp³-hybridized carbons (Fsp3) is 0.304. The number of pyridine rings is 1. The molecule has 0 bridgehead atoms. The first-order valence-corrected chi connectivity index (χ1v) is 13.3. The van der Waals surface area contributed by atoms with E-state index in [4.69, 9.17) is 0 Å². The molecule has 0 saturated carbocycles. The SMILES string of the molecule is CC(C)(C)c1ncc(CCNC(=O)Nc2nc3ccc(-c4cncc(S(C)(=O)=O)c4)cc3s2)[nH]1. The summed E-state index contributed by atoms with van der Waals surface area (Å²) in [5.41, 5.74) is 3.16. The van der Waals surface area contributed by atoms with Gasteiger partial charge in [0, 0.05) is 54.5 Å². The van der Waals surface area contributed by atoms with Crippen LogP contribution in [0.4, 0.5) is 9.93 Å². The van der Waals surface area contributed by atoms with Gasteiger partial charge in [-0.3, -0.25) is 10.3 Å². The van der Waals surface area contributed by atoms with Crippen molar-refractivity contribution in [1.29, 1.82) is 0 Å². The van der Waals surface area contributed by atoms with E-state index in [-0.39, 0.29) is 16.3 Å². The highest BCUT2D eigenvalue weighted by atomic mass is 32.2. The number of nitrogens with one attached hydrogen (secondary N) is 3. The normalized spacial score (nSPS) is 12.1. The summed E-state index contributed by atoms with van der Waals surface area (Å²) in [6.07, 6.45) is 6.54. The standard InChI is InChI=1S/C23H26N6O3S2/c1-23(2,3)20-26-12-16(27-20)7-8-25-21(30)29-22-28-18-6-5-14(10-19(18)33-22)15-9-17(13-24-11-15)34(4,31)32/h5-6,9-13H,7-8H2,1-4H3,(H,26,27)(H2,25,28,29,30). The Morgan fingerprint density at radius 1 is 1.12 bits per heavy atom. The van der Waals surface area contributed by atoms with Crippen molar-refractivity contribution in [3.63, 3.8) is 0 Å². The summed E-state index contributed by atoms with van der Waals surface area (Å²) in [5.74, 6) is 0.916. The highest BCUT2D eigenvalue weighted by Gasteiger charge is 2.17. The minimum absolute atomic E-state index is 0.0528. The molecule has 3 N–H and O–H groups in total. The Hall–Kier alpha value is -3.31. The van der Waals surface area contributed by atoms with Crippen molar-refractivity contribution in [2.45, 2.75) is 37.5 Å². The van der Waals surface area contributed by atoms with Crippen LogP contribution in [0.2, 0.25) is 0 Å². The van der Waals surface area contributed by atoms with Gasteiger partial charge in [-0.15, -0.1) is 0 Å². The average molecular weight is 499 g/mol. The fourth-order valence-electron chi connectivity index (χ4n) is 3.26. The molecule has 4 aromatic rings. The van der Waals surface area contributed by atoms with Crippen LogP contribution in [0.5, 0.6) is 0 Å². The lowest BCUT2D eigenvalue weighted by atomic mass is 9.96. The molecule has 0 radical (unpaired) electrons. The molecule has 0 fully saturated rings. The smallest absolute Gasteiger partial charge is 0.321 e. The summed E-state index contributed by atoms with van der Waals surface area (Å²) in [6.45, 7) is 6.72. The summed E-state index contributed by atoms with van der Waals surface area (Å²) in [4.78, 5) is 28.7. The number of hydrogen-bond acceptors (Lipinski definition) is 7. The lowest BCUT2D eigenvalue weighted by Crippen LogP contribution is -2.30. The molecule has 9 nitrogen and oxygen atoms in total. The number of nitrogens with zero attached hydrogens (tertiary/aromatic N) is 3. The third kappa shape index (κ3) is 5.60. The van der Waals surface area contributed by atoms with Crippen LogP contribution in [0.3, 0.4) is 0 Å². The molecule has 2 amide bonds. The number of urea groups is 1. The van der Waals surface area contributed by atoms with Gasteiger partial charge >= 0.3 is 6.03 Å². The van der Waals surface area contributed by atoms with Crippen LogP contribution in [-0.4, -0.2) is 47.2 Å². The van der Waals surface area contributed by atoms with Crippen LogP contribution >= 0.6 is 11.3 Å². The molecule has 4 rings (SSSR count). The van der Waals surface area contributed by atoms with Crippen LogP contribution in [0.15, 0.2) is 47.8 Å². The van der Waals surface area contributed by atoms with Gasteiger partial charge in [0.2, 0.25) is 0 Å². The Morgan fingerprint density at radius 2 is 1.91 bits per heavy atom. The zero-order valence-corrected chi connectivity index (χ0v) is 21.0. The summed E-state index contributed by atoms with van der Waals surface area (Å²) in [7, 11) is -3.35. The third-order valence-electron chi connectivity index (χ3n) is 5.10. The first kappa shape index (κ1) is 23.8. The number of sulfone groups is 1. The Morgan fingerprint density at radius 3 is 2.62 bits per heavy atom. The summed E-state index contributed by atoms with van der Waals surface area (Å²) in [6, 6.07) is 6.86. The molecule has 0 unspecified atom stereocenters. The number of benzene rings is 1. The van der Waals surface area contributed by atoms with E-state index in [1.165, 1.54) is 17.5 Å². The molecule has 0 spiro atoms. The first-order chi connectivity index (χ1) is 16.0. The first-order valence-electron chi connectivity index (χ1n) is 10.6. The van der Waals surface area contributed by atoms with E-state index in [1.54, 1.807) is 18.5 Å². The number of carbonyl (C=O) groups is 1. The molecular weight excluding hydrogens is 472 g/mol. The number of amides is 2. The van der Waals surface area contributed by atoms with E-state index >= 15 is 0 Å². The van der Waals surface area contributed by atoms with Crippen molar-refractivity contribution in [3.8, 4) is 11.1 Å². The molecule has 11 heteroatoms. The van der Waals surface area contributed by atoms with Gasteiger partial charge in [-0.05, 0) is 23.8 Å². The van der Waals surface area contributed by atoms with Gasteiger partial charge in [0.25, 0.3) is 0 Å². The third-order valence-corrected chi connectivity index (χ3v) is 7.12. The maximum Gasteiger partial charge on any atom is 0.321 e. The van der Waals surface area contributed by atoms with Gasteiger partial charge in [-0.1, -0.05) is 38.2 Å². The van der Waals surface area contributed by atoms with Crippen molar-refractivity contribution in [3.05, 3.63) is 54.4 Å². The minimum Gasteiger partial charge on any atom is -0.345 e. The van der Waals surface area contributed by atoms with Gasteiger partial charge in [0.1, 0.15) is 5.82 Å². The van der Waals surface area contributed by atoms with Crippen LogP contribution in [0.25, 0.3) is 21.3 Å². The number of aromatic nitrogens is 4. The number of hydrogen-bond donors (Lipinski definition) is 3. The lowest BCUT2D eigenvalue weighted by Gasteiger charge is -2.14. The maximum absolute atomic E-state index is 12.3. The Balaban J connectivity index is 1.39.